The first-order chi connectivity index (χ1) is 10.8. The van der Waals surface area contributed by atoms with Gasteiger partial charge in [0.05, 0.1) is 12.2 Å². The summed E-state index contributed by atoms with van der Waals surface area (Å²) in [6.45, 7) is 11.1. The molecule has 0 aliphatic carbocycles. The minimum atomic E-state index is -0.250. The second kappa shape index (κ2) is 7.18. The average Bonchev–Trinajstić information content (AvgIpc) is 2.47. The van der Waals surface area contributed by atoms with Crippen LogP contribution in [0.25, 0.3) is 11.1 Å². The third kappa shape index (κ3) is 6.07. The van der Waals surface area contributed by atoms with E-state index in [0.29, 0.717) is 6.61 Å². The molecule has 0 unspecified atom stereocenters. The van der Waals surface area contributed by atoms with Crippen molar-refractivity contribution in [2.75, 3.05) is 6.61 Å². The molecule has 0 aliphatic rings. The van der Waals surface area contributed by atoms with Gasteiger partial charge in [0.25, 0.3) is 0 Å². The number of benzene rings is 2. The molecule has 0 amide bonds. The highest BCUT2D eigenvalue weighted by Gasteiger charge is 2.21. The van der Waals surface area contributed by atoms with E-state index >= 15 is 0 Å². The van der Waals surface area contributed by atoms with Crippen molar-refractivity contribution in [1.82, 2.24) is 0 Å². The molecule has 0 spiro atoms. The van der Waals surface area contributed by atoms with Gasteiger partial charge in [0.2, 0.25) is 0 Å². The Morgan fingerprint density at radius 3 is 1.87 bits per heavy atom. The molecule has 2 nitrogen and oxygen atoms in total. The Balaban J connectivity index is 1.94. The lowest BCUT2D eigenvalue weighted by molar-refractivity contribution is -0.0292. The van der Waals surface area contributed by atoms with Crippen LogP contribution in [0.5, 0.6) is 5.75 Å². The van der Waals surface area contributed by atoms with E-state index in [2.05, 4.69) is 71.0 Å². The summed E-state index contributed by atoms with van der Waals surface area (Å²) < 4.78 is 11.9. The summed E-state index contributed by atoms with van der Waals surface area (Å²) in [5, 5.41) is 0. The third-order valence-corrected chi connectivity index (χ3v) is 3.59. The first-order valence-electron chi connectivity index (χ1n) is 8.24. The molecule has 2 aromatic carbocycles. The van der Waals surface area contributed by atoms with Gasteiger partial charge in [-0.1, -0.05) is 42.5 Å². The molecule has 0 heterocycles. The second-order valence-corrected chi connectivity index (χ2v) is 7.46. The molecule has 0 radical (unpaired) electrons. The summed E-state index contributed by atoms with van der Waals surface area (Å²) in [6.07, 6.45) is 0.852. The monoisotopic (exact) mass is 312 g/mol. The van der Waals surface area contributed by atoms with Gasteiger partial charge in [-0.3, -0.25) is 0 Å². The van der Waals surface area contributed by atoms with Gasteiger partial charge >= 0.3 is 0 Å². The first-order valence-corrected chi connectivity index (χ1v) is 8.24. The van der Waals surface area contributed by atoms with Gasteiger partial charge in [-0.25, -0.2) is 0 Å². The summed E-state index contributed by atoms with van der Waals surface area (Å²) in [6, 6.07) is 18.6. The van der Waals surface area contributed by atoms with Crippen LogP contribution in [0.2, 0.25) is 0 Å². The molecule has 0 bridgehead atoms. The van der Waals surface area contributed by atoms with Gasteiger partial charge in [-0.05, 0) is 57.9 Å². The van der Waals surface area contributed by atoms with Crippen LogP contribution in [-0.4, -0.2) is 17.8 Å². The van der Waals surface area contributed by atoms with Crippen LogP contribution < -0.4 is 4.74 Å². The standard InChI is InChI=1S/C21H28O2/c1-20(2,3)22-16-15-21(4,5)23-19-13-11-18(12-14-19)17-9-7-6-8-10-17/h6-14H,15-16H2,1-5H3. The molecule has 2 aromatic rings. The Morgan fingerprint density at radius 2 is 1.30 bits per heavy atom. The normalized spacial score (nSPS) is 12.2. The van der Waals surface area contributed by atoms with E-state index in [1.54, 1.807) is 0 Å². The van der Waals surface area contributed by atoms with Gasteiger partial charge in [0, 0.05) is 6.42 Å². The van der Waals surface area contributed by atoms with Gasteiger partial charge in [0.15, 0.2) is 0 Å². The number of ether oxygens (including phenoxy) is 2. The topological polar surface area (TPSA) is 18.5 Å². The number of hydrogen-bond acceptors (Lipinski definition) is 2. The quantitative estimate of drug-likeness (QED) is 0.679. The molecule has 23 heavy (non-hydrogen) atoms. The van der Waals surface area contributed by atoms with E-state index in [0.717, 1.165) is 12.2 Å². The van der Waals surface area contributed by atoms with Gasteiger partial charge in [-0.15, -0.1) is 0 Å². The third-order valence-electron chi connectivity index (χ3n) is 3.59. The highest BCUT2D eigenvalue weighted by atomic mass is 16.5. The smallest absolute Gasteiger partial charge is 0.120 e. The van der Waals surface area contributed by atoms with E-state index < -0.39 is 0 Å². The van der Waals surface area contributed by atoms with Crippen LogP contribution in [-0.2, 0) is 4.74 Å². The molecule has 0 aliphatic heterocycles. The van der Waals surface area contributed by atoms with Crippen LogP contribution in [0, 0.1) is 0 Å². The SMILES string of the molecule is CC(C)(C)OCCC(C)(C)Oc1ccc(-c2ccccc2)cc1. The zero-order valence-electron chi connectivity index (χ0n) is 14.9. The van der Waals surface area contributed by atoms with E-state index in [9.17, 15) is 0 Å². The highest BCUT2D eigenvalue weighted by molar-refractivity contribution is 5.63. The van der Waals surface area contributed by atoms with Crippen LogP contribution in [0.3, 0.4) is 0 Å². The number of rotatable bonds is 6. The summed E-state index contributed by atoms with van der Waals surface area (Å²) in [5.41, 5.74) is 2.07. The van der Waals surface area contributed by atoms with Crippen molar-refractivity contribution in [1.29, 1.82) is 0 Å². The average molecular weight is 312 g/mol. The largest absolute Gasteiger partial charge is 0.488 e. The molecule has 2 heteroatoms. The molecule has 0 saturated heterocycles. The lowest BCUT2D eigenvalue weighted by atomic mass is 10.0. The van der Waals surface area contributed by atoms with Crippen LogP contribution in [0.4, 0.5) is 0 Å². The Bertz CT molecular complexity index is 592. The molecule has 0 aromatic heterocycles. The van der Waals surface area contributed by atoms with Gasteiger partial charge in [0.1, 0.15) is 11.4 Å². The molecular formula is C21H28O2. The van der Waals surface area contributed by atoms with Crippen molar-refractivity contribution >= 4 is 0 Å². The van der Waals surface area contributed by atoms with Crippen molar-refractivity contribution in [3.05, 3.63) is 54.6 Å². The summed E-state index contributed by atoms with van der Waals surface area (Å²) >= 11 is 0. The Hall–Kier alpha value is -1.80. The molecular weight excluding hydrogens is 284 g/mol. The zero-order valence-corrected chi connectivity index (χ0v) is 14.9. The number of hydrogen-bond donors (Lipinski definition) is 0. The van der Waals surface area contributed by atoms with E-state index in [-0.39, 0.29) is 11.2 Å². The van der Waals surface area contributed by atoms with Crippen molar-refractivity contribution in [3.63, 3.8) is 0 Å². The van der Waals surface area contributed by atoms with Crippen LogP contribution >= 0.6 is 0 Å². The van der Waals surface area contributed by atoms with E-state index in [4.69, 9.17) is 9.47 Å². The predicted octanol–water partition coefficient (Wildman–Crippen LogP) is 5.72. The van der Waals surface area contributed by atoms with Crippen molar-refractivity contribution in [3.8, 4) is 16.9 Å². The minimum absolute atomic E-state index is 0.104. The van der Waals surface area contributed by atoms with Crippen molar-refractivity contribution < 1.29 is 9.47 Å². The fourth-order valence-electron chi connectivity index (χ4n) is 2.32. The molecule has 0 N–H and O–H groups in total. The van der Waals surface area contributed by atoms with Gasteiger partial charge in [-0.2, -0.15) is 0 Å². The maximum absolute atomic E-state index is 6.13. The fraction of sp³-hybridized carbons (Fsp3) is 0.429. The zero-order chi connectivity index (χ0) is 16.9. The fourth-order valence-corrected chi connectivity index (χ4v) is 2.32. The van der Waals surface area contributed by atoms with E-state index in [1.807, 2.05) is 18.2 Å². The second-order valence-electron chi connectivity index (χ2n) is 7.46. The Kier molecular flexibility index (Phi) is 5.48. The molecule has 0 atom stereocenters. The maximum atomic E-state index is 6.13. The highest BCUT2D eigenvalue weighted by Crippen LogP contribution is 2.26. The molecule has 124 valence electrons. The lowest BCUT2D eigenvalue weighted by Crippen LogP contribution is -2.31. The minimum Gasteiger partial charge on any atom is -0.488 e. The van der Waals surface area contributed by atoms with Crippen LogP contribution in [0.1, 0.15) is 41.0 Å². The molecule has 2 rings (SSSR count). The first kappa shape index (κ1) is 17.6. The van der Waals surface area contributed by atoms with E-state index in [1.165, 1.54) is 11.1 Å². The summed E-state index contributed by atoms with van der Waals surface area (Å²) in [5.74, 6) is 0.894. The maximum Gasteiger partial charge on any atom is 0.120 e. The molecule has 0 fully saturated rings. The van der Waals surface area contributed by atoms with Crippen LogP contribution in [0.15, 0.2) is 54.6 Å². The lowest BCUT2D eigenvalue weighted by Gasteiger charge is -2.28. The Labute approximate surface area is 140 Å². The summed E-state index contributed by atoms with van der Waals surface area (Å²) in [4.78, 5) is 0. The van der Waals surface area contributed by atoms with Crippen molar-refractivity contribution in [2.24, 2.45) is 0 Å². The Morgan fingerprint density at radius 1 is 0.739 bits per heavy atom. The summed E-state index contributed by atoms with van der Waals surface area (Å²) in [7, 11) is 0. The van der Waals surface area contributed by atoms with Gasteiger partial charge < -0.3 is 9.47 Å². The predicted molar refractivity (Wildman–Crippen MR) is 96.9 cm³/mol. The van der Waals surface area contributed by atoms with Crippen molar-refractivity contribution in [2.45, 2.75) is 52.2 Å². The molecule has 0 saturated carbocycles.